The van der Waals surface area contributed by atoms with Crippen LogP contribution in [-0.2, 0) is 0 Å². The van der Waals surface area contributed by atoms with Crippen LogP contribution in [0.25, 0.3) is 44.1 Å². The fraction of sp³-hybridized carbons (Fsp3) is 0.111. The van der Waals surface area contributed by atoms with Crippen LogP contribution in [0.3, 0.4) is 0 Å². The lowest BCUT2D eigenvalue weighted by Gasteiger charge is -2.12. The zero-order valence-corrected chi connectivity index (χ0v) is 16.6. The summed E-state index contributed by atoms with van der Waals surface area (Å²) >= 11 is 0. The van der Waals surface area contributed by atoms with Crippen molar-refractivity contribution in [2.24, 2.45) is 0 Å². The third-order valence-corrected chi connectivity index (χ3v) is 5.36. The van der Waals surface area contributed by atoms with Crippen molar-refractivity contribution in [1.29, 1.82) is 0 Å². The smallest absolute Gasteiger partial charge is 0.132 e. The fourth-order valence-corrected chi connectivity index (χ4v) is 3.76. The van der Waals surface area contributed by atoms with E-state index < -0.39 is 0 Å². The Labute approximate surface area is 170 Å². The molecule has 4 aromatic carbocycles. The van der Waals surface area contributed by atoms with Gasteiger partial charge in [0.15, 0.2) is 0 Å². The van der Waals surface area contributed by atoms with Crippen LogP contribution in [0.1, 0.15) is 25.6 Å². The van der Waals surface area contributed by atoms with Gasteiger partial charge in [-0.25, -0.2) is 9.97 Å². The molecule has 0 atom stereocenters. The van der Waals surface area contributed by atoms with Crippen LogP contribution in [0.4, 0.5) is 0 Å². The van der Waals surface area contributed by atoms with Gasteiger partial charge in [0.1, 0.15) is 5.82 Å². The second kappa shape index (κ2) is 7.14. The maximum Gasteiger partial charge on any atom is 0.132 e. The predicted molar refractivity (Wildman–Crippen MR) is 122 cm³/mol. The third kappa shape index (κ3) is 3.27. The molecule has 2 nitrogen and oxygen atoms in total. The molecule has 0 unspecified atom stereocenters. The average Bonchev–Trinajstić information content (AvgIpc) is 2.77. The SMILES string of the molecule is CC(C)c1nc(-c2ccc(-c3ccccc3)cc2)c2cc3ccccc3cc2n1. The van der Waals surface area contributed by atoms with Gasteiger partial charge in [-0.1, -0.05) is 92.7 Å². The maximum atomic E-state index is 4.97. The highest BCUT2D eigenvalue weighted by Crippen LogP contribution is 2.32. The summed E-state index contributed by atoms with van der Waals surface area (Å²) in [6, 6.07) is 32.0. The van der Waals surface area contributed by atoms with Gasteiger partial charge in [0, 0.05) is 16.9 Å². The first-order chi connectivity index (χ1) is 14.2. The average molecular weight is 374 g/mol. The molecule has 5 aromatic rings. The van der Waals surface area contributed by atoms with Gasteiger partial charge in [-0.15, -0.1) is 0 Å². The highest BCUT2D eigenvalue weighted by molar-refractivity contribution is 6.02. The molecule has 2 heteroatoms. The van der Waals surface area contributed by atoms with E-state index in [0.717, 1.165) is 28.0 Å². The van der Waals surface area contributed by atoms with Gasteiger partial charge in [0.2, 0.25) is 0 Å². The summed E-state index contributed by atoms with van der Waals surface area (Å²) < 4.78 is 0. The van der Waals surface area contributed by atoms with Crippen molar-refractivity contribution in [3.8, 4) is 22.4 Å². The quantitative estimate of drug-likeness (QED) is 0.311. The maximum absolute atomic E-state index is 4.97. The lowest BCUT2D eigenvalue weighted by Crippen LogP contribution is -2.00. The number of fused-ring (bicyclic) bond motifs is 2. The first-order valence-corrected chi connectivity index (χ1v) is 10.1. The van der Waals surface area contributed by atoms with E-state index in [4.69, 9.17) is 9.97 Å². The molecule has 29 heavy (non-hydrogen) atoms. The molecule has 0 aliphatic heterocycles. The normalized spacial score (nSPS) is 11.4. The Bertz CT molecular complexity index is 1300. The van der Waals surface area contributed by atoms with Crippen LogP contribution in [0.5, 0.6) is 0 Å². The van der Waals surface area contributed by atoms with Crippen molar-refractivity contribution in [2.45, 2.75) is 19.8 Å². The molecular formula is C27H22N2. The van der Waals surface area contributed by atoms with E-state index in [-0.39, 0.29) is 5.92 Å². The second-order valence-corrected chi connectivity index (χ2v) is 7.74. The number of nitrogens with zero attached hydrogens (tertiary/aromatic N) is 2. The van der Waals surface area contributed by atoms with Gasteiger partial charge in [-0.2, -0.15) is 0 Å². The number of aromatic nitrogens is 2. The molecule has 0 radical (unpaired) electrons. The first-order valence-electron chi connectivity index (χ1n) is 10.1. The molecule has 0 N–H and O–H groups in total. The van der Waals surface area contributed by atoms with Crippen LogP contribution in [0.2, 0.25) is 0 Å². The fourth-order valence-electron chi connectivity index (χ4n) is 3.76. The summed E-state index contributed by atoms with van der Waals surface area (Å²) in [4.78, 5) is 9.83. The van der Waals surface area contributed by atoms with Gasteiger partial charge in [0.05, 0.1) is 11.2 Å². The minimum Gasteiger partial charge on any atom is -0.233 e. The van der Waals surface area contributed by atoms with Gasteiger partial charge in [-0.05, 0) is 34.0 Å². The molecule has 1 heterocycles. The highest BCUT2D eigenvalue weighted by atomic mass is 14.9. The van der Waals surface area contributed by atoms with E-state index in [1.807, 2.05) is 6.07 Å². The van der Waals surface area contributed by atoms with Crippen molar-refractivity contribution in [3.63, 3.8) is 0 Å². The Balaban J connectivity index is 1.71. The summed E-state index contributed by atoms with van der Waals surface area (Å²) in [6.45, 7) is 4.29. The highest BCUT2D eigenvalue weighted by Gasteiger charge is 2.13. The molecule has 1 aromatic heterocycles. The Morgan fingerprint density at radius 2 is 1.17 bits per heavy atom. The van der Waals surface area contributed by atoms with Gasteiger partial charge < -0.3 is 0 Å². The summed E-state index contributed by atoms with van der Waals surface area (Å²) in [6.07, 6.45) is 0. The number of benzene rings is 4. The number of hydrogen-bond acceptors (Lipinski definition) is 2. The molecule has 0 amide bonds. The third-order valence-electron chi connectivity index (χ3n) is 5.36. The van der Waals surface area contributed by atoms with Crippen molar-refractivity contribution in [2.75, 3.05) is 0 Å². The molecule has 0 aliphatic carbocycles. The van der Waals surface area contributed by atoms with Crippen molar-refractivity contribution >= 4 is 21.7 Å². The van der Waals surface area contributed by atoms with E-state index in [1.165, 1.54) is 21.9 Å². The minimum absolute atomic E-state index is 0.271. The lowest BCUT2D eigenvalue weighted by atomic mass is 9.99. The van der Waals surface area contributed by atoms with E-state index in [1.54, 1.807) is 0 Å². The molecule has 5 rings (SSSR count). The van der Waals surface area contributed by atoms with Crippen molar-refractivity contribution < 1.29 is 0 Å². The zero-order chi connectivity index (χ0) is 19.8. The van der Waals surface area contributed by atoms with E-state index in [2.05, 4.69) is 98.8 Å². The predicted octanol–water partition coefficient (Wildman–Crippen LogP) is 7.24. The van der Waals surface area contributed by atoms with Crippen LogP contribution in [-0.4, -0.2) is 9.97 Å². The van der Waals surface area contributed by atoms with E-state index in [9.17, 15) is 0 Å². The second-order valence-electron chi connectivity index (χ2n) is 7.74. The minimum atomic E-state index is 0.271. The lowest BCUT2D eigenvalue weighted by molar-refractivity contribution is 0.785. The largest absolute Gasteiger partial charge is 0.233 e. The first kappa shape index (κ1) is 17.6. The Kier molecular flexibility index (Phi) is 4.33. The summed E-state index contributed by atoms with van der Waals surface area (Å²) in [7, 11) is 0. The zero-order valence-electron chi connectivity index (χ0n) is 16.6. The molecule has 0 saturated carbocycles. The Hall–Kier alpha value is -3.52. The van der Waals surface area contributed by atoms with Gasteiger partial charge in [-0.3, -0.25) is 0 Å². The van der Waals surface area contributed by atoms with Crippen LogP contribution in [0.15, 0.2) is 91.0 Å². The van der Waals surface area contributed by atoms with Crippen LogP contribution >= 0.6 is 0 Å². The molecule has 0 fully saturated rings. The van der Waals surface area contributed by atoms with Crippen LogP contribution in [0, 0.1) is 0 Å². The number of hydrogen-bond donors (Lipinski definition) is 0. The molecule has 0 aliphatic rings. The molecular weight excluding hydrogens is 352 g/mol. The summed E-state index contributed by atoms with van der Waals surface area (Å²) in [5.41, 5.74) is 5.56. The summed E-state index contributed by atoms with van der Waals surface area (Å²) in [5, 5.41) is 3.52. The molecule has 0 saturated heterocycles. The number of rotatable bonds is 3. The van der Waals surface area contributed by atoms with Gasteiger partial charge >= 0.3 is 0 Å². The van der Waals surface area contributed by atoms with E-state index >= 15 is 0 Å². The van der Waals surface area contributed by atoms with Crippen LogP contribution < -0.4 is 0 Å². The van der Waals surface area contributed by atoms with Crippen molar-refractivity contribution in [1.82, 2.24) is 9.97 Å². The molecule has 0 bridgehead atoms. The van der Waals surface area contributed by atoms with Crippen molar-refractivity contribution in [3.05, 3.63) is 96.8 Å². The summed E-state index contributed by atoms with van der Waals surface area (Å²) in [5.74, 6) is 1.16. The Morgan fingerprint density at radius 3 is 1.86 bits per heavy atom. The molecule has 0 spiro atoms. The Morgan fingerprint density at radius 1 is 0.586 bits per heavy atom. The monoisotopic (exact) mass is 374 g/mol. The molecule has 140 valence electrons. The van der Waals surface area contributed by atoms with E-state index in [0.29, 0.717) is 0 Å². The topological polar surface area (TPSA) is 25.8 Å². The van der Waals surface area contributed by atoms with Gasteiger partial charge in [0.25, 0.3) is 0 Å². The standard InChI is InChI=1S/C27H22N2/c1-18(2)27-28-25-17-23-11-7-6-10-22(23)16-24(25)26(29-27)21-14-12-20(13-15-21)19-8-4-3-5-9-19/h3-18H,1-2H3.